The average molecular weight is 346 g/mol. The minimum absolute atomic E-state index is 0.0273. The molecule has 0 aromatic carbocycles. The Bertz CT molecular complexity index is 657. The summed E-state index contributed by atoms with van der Waals surface area (Å²) in [5, 5.41) is 10.8. The van der Waals surface area contributed by atoms with E-state index in [1.54, 1.807) is 0 Å². The Hall–Kier alpha value is -1.68. The van der Waals surface area contributed by atoms with Gasteiger partial charge in [-0.25, -0.2) is 0 Å². The van der Waals surface area contributed by atoms with E-state index in [-0.39, 0.29) is 41.3 Å². The number of carbonyl (C=O) groups is 2. The maximum atomic E-state index is 12.9. The zero-order valence-corrected chi connectivity index (χ0v) is 16.2. The zero-order chi connectivity index (χ0) is 18.9. The summed E-state index contributed by atoms with van der Waals surface area (Å²) < 4.78 is 5.87. The van der Waals surface area contributed by atoms with Crippen LogP contribution in [0.5, 0.6) is 0 Å². The molecular weight excluding hydrogens is 316 g/mol. The topological polar surface area (TPSA) is 66.9 Å². The molecule has 0 bridgehead atoms. The highest BCUT2D eigenvalue weighted by molar-refractivity contribution is 6.24. The highest BCUT2D eigenvalue weighted by Gasteiger charge is 2.70. The van der Waals surface area contributed by atoms with E-state index >= 15 is 0 Å². The van der Waals surface area contributed by atoms with Gasteiger partial charge >= 0.3 is 0 Å². The molecule has 3 atom stereocenters. The normalized spacial score (nSPS) is 27.9. The molecule has 0 radical (unpaired) electrons. The van der Waals surface area contributed by atoms with Gasteiger partial charge in [0.05, 0.1) is 12.0 Å². The molecule has 0 amide bonds. The van der Waals surface area contributed by atoms with Gasteiger partial charge in [0, 0.05) is 6.42 Å². The second-order valence-electron chi connectivity index (χ2n) is 8.10. The van der Waals surface area contributed by atoms with Crippen LogP contribution in [0.3, 0.4) is 0 Å². The molecule has 1 fully saturated rings. The third kappa shape index (κ3) is 3.79. The van der Waals surface area contributed by atoms with Gasteiger partial charge in [0.15, 0.2) is 17.2 Å². The van der Waals surface area contributed by atoms with Crippen LogP contribution in [0.2, 0.25) is 0 Å². The van der Waals surface area contributed by atoms with Crippen LogP contribution in [0.15, 0.2) is 34.6 Å². The molecule has 1 aliphatic heterocycles. The van der Waals surface area contributed by atoms with Crippen molar-refractivity contribution in [2.45, 2.75) is 72.5 Å². The molecule has 1 spiro atoms. The SMILES string of the molecule is CC(C)=CC[C@@H]1O[C@@]12C(O)=C(C(=O)CC(C)C)C(=O)[C@H]2CC=C(C)C. The molecule has 2 aliphatic rings. The van der Waals surface area contributed by atoms with Crippen molar-refractivity contribution in [1.29, 1.82) is 0 Å². The standard InChI is InChI=1S/C21H30O4/c1-12(2)7-9-15-19(23)18(16(22)11-14(5)6)20(24)21(15)17(25-21)10-8-13(3)4/h7-8,14-15,17,24H,9-11H2,1-6H3/t15-,17+,21-/m1/s1. The number of hydrogen-bond donors (Lipinski definition) is 1. The highest BCUT2D eigenvalue weighted by Crippen LogP contribution is 2.57. The fourth-order valence-electron chi connectivity index (χ4n) is 3.51. The van der Waals surface area contributed by atoms with E-state index in [0.29, 0.717) is 12.8 Å². The largest absolute Gasteiger partial charge is 0.508 e. The number of ketones is 2. The number of ether oxygens (including phenoxy) is 1. The molecular formula is C21H30O4. The summed E-state index contributed by atoms with van der Waals surface area (Å²) in [4.78, 5) is 25.5. The van der Waals surface area contributed by atoms with Crippen molar-refractivity contribution in [3.63, 3.8) is 0 Å². The van der Waals surface area contributed by atoms with Crippen LogP contribution in [-0.2, 0) is 14.3 Å². The van der Waals surface area contributed by atoms with E-state index in [1.165, 1.54) is 0 Å². The van der Waals surface area contributed by atoms with E-state index in [1.807, 2.05) is 53.7 Å². The Morgan fingerprint density at radius 1 is 1.16 bits per heavy atom. The maximum Gasteiger partial charge on any atom is 0.176 e. The van der Waals surface area contributed by atoms with E-state index in [9.17, 15) is 14.7 Å². The number of aliphatic hydroxyl groups excluding tert-OH is 1. The number of rotatable bonds is 7. The van der Waals surface area contributed by atoms with Crippen LogP contribution >= 0.6 is 0 Å². The minimum atomic E-state index is -1.00. The molecule has 2 rings (SSSR count). The first-order valence-electron chi connectivity index (χ1n) is 9.06. The number of carbonyl (C=O) groups excluding carboxylic acids is 2. The summed E-state index contributed by atoms with van der Waals surface area (Å²) >= 11 is 0. The smallest absolute Gasteiger partial charge is 0.176 e. The molecule has 1 aliphatic carbocycles. The first-order valence-corrected chi connectivity index (χ1v) is 9.06. The lowest BCUT2D eigenvalue weighted by Crippen LogP contribution is -2.28. The molecule has 1 heterocycles. The summed E-state index contributed by atoms with van der Waals surface area (Å²) in [6.45, 7) is 11.8. The van der Waals surface area contributed by atoms with Gasteiger partial charge in [0.1, 0.15) is 11.3 Å². The van der Waals surface area contributed by atoms with Crippen LogP contribution in [0.1, 0.15) is 60.8 Å². The van der Waals surface area contributed by atoms with Gasteiger partial charge in [-0.1, -0.05) is 37.1 Å². The van der Waals surface area contributed by atoms with Gasteiger partial charge in [-0.2, -0.15) is 0 Å². The summed E-state index contributed by atoms with van der Waals surface area (Å²) in [6, 6.07) is 0. The van der Waals surface area contributed by atoms with Gasteiger partial charge < -0.3 is 9.84 Å². The molecule has 1 N–H and O–H groups in total. The maximum absolute atomic E-state index is 12.9. The Kier molecular flexibility index (Phi) is 5.72. The quantitative estimate of drug-likeness (QED) is 0.420. The number of hydrogen-bond acceptors (Lipinski definition) is 4. The lowest BCUT2D eigenvalue weighted by atomic mass is 9.85. The van der Waals surface area contributed by atoms with Crippen molar-refractivity contribution in [3.8, 4) is 0 Å². The fraction of sp³-hybridized carbons (Fsp3) is 0.619. The van der Waals surface area contributed by atoms with Crippen molar-refractivity contribution in [2.75, 3.05) is 0 Å². The monoisotopic (exact) mass is 346 g/mol. The van der Waals surface area contributed by atoms with Crippen LogP contribution in [-0.4, -0.2) is 28.4 Å². The summed E-state index contributed by atoms with van der Waals surface area (Å²) in [6.07, 6.45) is 5.16. The fourth-order valence-corrected chi connectivity index (χ4v) is 3.51. The van der Waals surface area contributed by atoms with E-state index in [4.69, 9.17) is 4.74 Å². The molecule has 1 saturated heterocycles. The minimum Gasteiger partial charge on any atom is -0.508 e. The van der Waals surface area contributed by atoms with Crippen molar-refractivity contribution < 1.29 is 19.4 Å². The Morgan fingerprint density at radius 3 is 2.24 bits per heavy atom. The van der Waals surface area contributed by atoms with Gasteiger partial charge in [-0.15, -0.1) is 0 Å². The predicted octanol–water partition coefficient (Wildman–Crippen LogP) is 4.46. The molecule has 0 unspecified atom stereocenters. The molecule has 4 heteroatoms. The van der Waals surface area contributed by atoms with E-state index in [0.717, 1.165) is 11.1 Å². The molecule has 0 aromatic rings. The number of allylic oxidation sites excluding steroid dienone is 4. The zero-order valence-electron chi connectivity index (χ0n) is 16.2. The van der Waals surface area contributed by atoms with Crippen LogP contribution in [0.4, 0.5) is 0 Å². The summed E-state index contributed by atoms with van der Waals surface area (Å²) in [5.74, 6) is -1.05. The Labute approximate surface area is 150 Å². The summed E-state index contributed by atoms with van der Waals surface area (Å²) in [7, 11) is 0. The van der Waals surface area contributed by atoms with E-state index in [2.05, 4.69) is 0 Å². The molecule has 0 saturated carbocycles. The number of epoxide rings is 1. The van der Waals surface area contributed by atoms with Gasteiger partial charge in [0.2, 0.25) is 0 Å². The molecule has 4 nitrogen and oxygen atoms in total. The molecule has 0 aromatic heterocycles. The third-order valence-electron chi connectivity index (χ3n) is 4.82. The Balaban J connectivity index is 2.36. The van der Waals surface area contributed by atoms with Gasteiger partial charge in [0.25, 0.3) is 0 Å². The van der Waals surface area contributed by atoms with Crippen molar-refractivity contribution in [2.24, 2.45) is 11.8 Å². The first-order chi connectivity index (χ1) is 11.6. The third-order valence-corrected chi connectivity index (χ3v) is 4.82. The number of Topliss-reactive ketones (excluding diaryl/α,β-unsaturated/α-hetero) is 2. The van der Waals surface area contributed by atoms with Gasteiger partial charge in [-0.05, 0) is 46.5 Å². The van der Waals surface area contributed by atoms with Crippen molar-refractivity contribution in [3.05, 3.63) is 34.6 Å². The van der Waals surface area contributed by atoms with Crippen LogP contribution in [0, 0.1) is 11.8 Å². The molecule has 25 heavy (non-hydrogen) atoms. The van der Waals surface area contributed by atoms with Gasteiger partial charge in [-0.3, -0.25) is 9.59 Å². The summed E-state index contributed by atoms with van der Waals surface area (Å²) in [5.41, 5.74) is 1.23. The predicted molar refractivity (Wildman–Crippen MR) is 98.3 cm³/mol. The lowest BCUT2D eigenvalue weighted by molar-refractivity contribution is -0.123. The number of aliphatic hydroxyl groups is 1. The van der Waals surface area contributed by atoms with Crippen LogP contribution < -0.4 is 0 Å². The first kappa shape index (κ1) is 19.6. The molecule has 138 valence electrons. The average Bonchev–Trinajstić information content (AvgIpc) is 3.14. The second-order valence-corrected chi connectivity index (χ2v) is 8.10. The van der Waals surface area contributed by atoms with Crippen LogP contribution in [0.25, 0.3) is 0 Å². The Morgan fingerprint density at radius 2 is 1.72 bits per heavy atom. The van der Waals surface area contributed by atoms with E-state index < -0.39 is 11.5 Å². The van der Waals surface area contributed by atoms with Crippen molar-refractivity contribution >= 4 is 11.6 Å². The lowest BCUT2D eigenvalue weighted by Gasteiger charge is -2.14. The highest BCUT2D eigenvalue weighted by atomic mass is 16.6. The second kappa shape index (κ2) is 7.28. The van der Waals surface area contributed by atoms with Crippen molar-refractivity contribution in [1.82, 2.24) is 0 Å².